The molecular weight excluding hydrogens is 572 g/mol. The molecule has 14 nitrogen and oxygen atoms in total. The summed E-state index contributed by atoms with van der Waals surface area (Å²) in [6.45, 7) is 1.05. The van der Waals surface area contributed by atoms with Crippen molar-refractivity contribution >= 4 is 21.5 Å². The lowest BCUT2D eigenvalue weighted by atomic mass is 9.98. The van der Waals surface area contributed by atoms with E-state index in [1.165, 1.54) is 28.3 Å². The smallest absolute Gasteiger partial charge is 0.229 e. The van der Waals surface area contributed by atoms with Crippen LogP contribution >= 0.6 is 0 Å². The summed E-state index contributed by atoms with van der Waals surface area (Å²) in [5.74, 6) is 0.656. The van der Waals surface area contributed by atoms with Crippen LogP contribution in [0.25, 0.3) is 21.5 Å². The third kappa shape index (κ3) is 5.50. The molecule has 43 heavy (non-hydrogen) atoms. The van der Waals surface area contributed by atoms with E-state index in [9.17, 15) is 35.7 Å². The second-order valence-corrected chi connectivity index (χ2v) is 10.5. The molecule has 0 amide bonds. The summed E-state index contributed by atoms with van der Waals surface area (Å²) >= 11 is 0. The Morgan fingerprint density at radius 1 is 0.674 bits per heavy atom. The zero-order chi connectivity index (χ0) is 31.2. The molecule has 3 aromatic carbocycles. The standard InChI is InChI=1S/C29H36O14/c1-11-19(30)22(33)24(35)28(41-11)40-10-17-20(31)23(34)25(36)29(43-17)42-15-8-7-13-14(26(15)38-3)6-5-12-9-16(37-2)21(32)27(39-4)18(12)13/h5-9,11,17,19-20,22-25,28-36H,10H2,1-4H3/t11-,17+,19-,20+,22+,23-,24+,25+,28+,29+/m0/s1. The third-order valence-electron chi connectivity index (χ3n) is 7.88. The predicted molar refractivity (Wildman–Crippen MR) is 148 cm³/mol. The molecule has 5 rings (SSSR count). The van der Waals surface area contributed by atoms with Crippen LogP contribution in [-0.2, 0) is 14.2 Å². The Morgan fingerprint density at radius 2 is 1.33 bits per heavy atom. The van der Waals surface area contributed by atoms with Gasteiger partial charge in [-0.1, -0.05) is 6.07 Å². The van der Waals surface area contributed by atoms with E-state index in [0.29, 0.717) is 16.2 Å². The molecule has 0 bridgehead atoms. The first-order chi connectivity index (χ1) is 20.5. The zero-order valence-corrected chi connectivity index (χ0v) is 23.9. The molecule has 7 N–H and O–H groups in total. The molecule has 14 heteroatoms. The van der Waals surface area contributed by atoms with Gasteiger partial charge in [0.15, 0.2) is 29.3 Å². The third-order valence-corrected chi connectivity index (χ3v) is 7.88. The fourth-order valence-electron chi connectivity index (χ4n) is 5.46. The summed E-state index contributed by atoms with van der Waals surface area (Å²) in [4.78, 5) is 0. The Balaban J connectivity index is 1.41. The van der Waals surface area contributed by atoms with Gasteiger partial charge in [0, 0.05) is 10.8 Å². The minimum Gasteiger partial charge on any atom is -0.502 e. The van der Waals surface area contributed by atoms with Crippen molar-refractivity contribution in [3.63, 3.8) is 0 Å². The highest BCUT2D eigenvalue weighted by molar-refractivity contribution is 6.14. The lowest BCUT2D eigenvalue weighted by Crippen LogP contribution is -2.61. The average molecular weight is 609 g/mol. The summed E-state index contributed by atoms with van der Waals surface area (Å²) in [5, 5.41) is 75.2. The normalized spacial score (nSPS) is 33.0. The highest BCUT2D eigenvalue weighted by atomic mass is 16.7. The van der Waals surface area contributed by atoms with Gasteiger partial charge in [-0.3, -0.25) is 0 Å². The maximum Gasteiger partial charge on any atom is 0.229 e. The van der Waals surface area contributed by atoms with Gasteiger partial charge in [0.05, 0.1) is 34.0 Å². The molecule has 2 aliphatic rings. The monoisotopic (exact) mass is 608 g/mol. The van der Waals surface area contributed by atoms with Gasteiger partial charge in [-0.2, -0.15) is 0 Å². The van der Waals surface area contributed by atoms with Crippen molar-refractivity contribution in [3.8, 4) is 28.7 Å². The van der Waals surface area contributed by atoms with Crippen LogP contribution < -0.4 is 18.9 Å². The van der Waals surface area contributed by atoms with E-state index < -0.39 is 68.0 Å². The summed E-state index contributed by atoms with van der Waals surface area (Å²) in [6.07, 6.45) is -14.4. The quantitative estimate of drug-likeness (QED) is 0.165. The maximum absolute atomic E-state index is 10.7. The molecule has 0 radical (unpaired) electrons. The van der Waals surface area contributed by atoms with Crippen molar-refractivity contribution in [1.82, 2.24) is 0 Å². The van der Waals surface area contributed by atoms with Crippen LogP contribution in [0.15, 0.2) is 30.3 Å². The predicted octanol–water partition coefficient (Wildman–Crippen LogP) is -0.245. The largest absolute Gasteiger partial charge is 0.502 e. The van der Waals surface area contributed by atoms with Gasteiger partial charge in [0.2, 0.25) is 12.0 Å². The molecule has 2 fully saturated rings. The number of aliphatic hydroxyl groups is 6. The first-order valence-electron chi connectivity index (χ1n) is 13.6. The van der Waals surface area contributed by atoms with E-state index in [-0.39, 0.29) is 28.7 Å². The molecule has 2 heterocycles. The summed E-state index contributed by atoms with van der Waals surface area (Å²) in [7, 11) is 4.28. The van der Waals surface area contributed by atoms with Crippen molar-refractivity contribution in [1.29, 1.82) is 0 Å². The summed E-state index contributed by atoms with van der Waals surface area (Å²) in [6, 6.07) is 8.49. The van der Waals surface area contributed by atoms with Gasteiger partial charge in [-0.05, 0) is 42.0 Å². The number of fused-ring (bicyclic) bond motifs is 3. The number of benzene rings is 3. The number of aliphatic hydroxyl groups excluding tert-OH is 6. The number of rotatable bonds is 8. The number of methoxy groups -OCH3 is 3. The number of phenols is 1. The Kier molecular flexibility index (Phi) is 9.04. The summed E-state index contributed by atoms with van der Waals surface area (Å²) in [5.41, 5.74) is 0. The Hall–Kier alpha value is -3.18. The minimum absolute atomic E-state index is 0.135. The van der Waals surface area contributed by atoms with E-state index in [0.717, 1.165) is 5.39 Å². The molecule has 2 aliphatic heterocycles. The highest BCUT2D eigenvalue weighted by Crippen LogP contribution is 2.48. The molecule has 0 aliphatic carbocycles. The van der Waals surface area contributed by atoms with E-state index in [4.69, 9.17) is 33.2 Å². The van der Waals surface area contributed by atoms with Crippen molar-refractivity contribution < 1.29 is 68.9 Å². The fourth-order valence-corrected chi connectivity index (χ4v) is 5.46. The number of phenolic OH excluding ortho intramolecular Hbond substituents is 1. The average Bonchev–Trinajstić information content (AvgIpc) is 3.01. The van der Waals surface area contributed by atoms with Crippen molar-refractivity contribution in [3.05, 3.63) is 30.3 Å². The molecule has 10 atom stereocenters. The fraction of sp³-hybridized carbons (Fsp3) is 0.517. The van der Waals surface area contributed by atoms with Crippen LogP contribution in [0.2, 0.25) is 0 Å². The Labute approximate surface area is 246 Å². The van der Waals surface area contributed by atoms with Crippen LogP contribution in [-0.4, -0.2) is 125 Å². The van der Waals surface area contributed by atoms with Gasteiger partial charge in [-0.15, -0.1) is 0 Å². The van der Waals surface area contributed by atoms with Gasteiger partial charge in [0.25, 0.3) is 0 Å². The van der Waals surface area contributed by atoms with Crippen molar-refractivity contribution in [2.75, 3.05) is 27.9 Å². The number of aromatic hydroxyl groups is 1. The van der Waals surface area contributed by atoms with Gasteiger partial charge in [-0.25, -0.2) is 0 Å². The Morgan fingerprint density at radius 3 is 2.00 bits per heavy atom. The second kappa shape index (κ2) is 12.4. The number of hydrogen-bond donors (Lipinski definition) is 7. The molecule has 0 unspecified atom stereocenters. The minimum atomic E-state index is -1.70. The number of hydrogen-bond acceptors (Lipinski definition) is 14. The lowest BCUT2D eigenvalue weighted by Gasteiger charge is -2.42. The van der Waals surface area contributed by atoms with Crippen LogP contribution in [0.3, 0.4) is 0 Å². The summed E-state index contributed by atoms with van der Waals surface area (Å²) < 4.78 is 39.1. The molecule has 0 aromatic heterocycles. The van der Waals surface area contributed by atoms with Crippen LogP contribution in [0.5, 0.6) is 28.7 Å². The van der Waals surface area contributed by atoms with E-state index in [1.807, 2.05) is 0 Å². The Bertz CT molecular complexity index is 1450. The topological polar surface area (TPSA) is 206 Å². The molecular formula is C29H36O14. The highest BCUT2D eigenvalue weighted by Gasteiger charge is 2.47. The van der Waals surface area contributed by atoms with Crippen molar-refractivity contribution in [2.24, 2.45) is 0 Å². The number of ether oxygens (including phenoxy) is 7. The van der Waals surface area contributed by atoms with Crippen molar-refractivity contribution in [2.45, 2.75) is 68.3 Å². The van der Waals surface area contributed by atoms with E-state index in [2.05, 4.69) is 0 Å². The SMILES string of the molecule is COc1cc2ccc3c(OC)c(O[C@@H]4O[C@H](CO[C@@H]5O[C@@H](C)[C@H](O)[C@@H](O)[C@H]5O)[C@@H](O)[C@H](O)[C@H]4O)ccc3c2c(OC)c1O. The first kappa shape index (κ1) is 31.3. The van der Waals surface area contributed by atoms with Crippen LogP contribution in [0.1, 0.15) is 6.92 Å². The van der Waals surface area contributed by atoms with Crippen LogP contribution in [0, 0.1) is 0 Å². The second-order valence-electron chi connectivity index (χ2n) is 10.5. The molecule has 236 valence electrons. The van der Waals surface area contributed by atoms with Gasteiger partial charge in [0.1, 0.15) is 42.7 Å². The molecule has 3 aromatic rings. The van der Waals surface area contributed by atoms with Crippen LogP contribution in [0.4, 0.5) is 0 Å². The molecule has 0 spiro atoms. The lowest BCUT2D eigenvalue weighted by molar-refractivity contribution is -0.318. The van der Waals surface area contributed by atoms with Gasteiger partial charge >= 0.3 is 0 Å². The molecule has 2 saturated heterocycles. The first-order valence-corrected chi connectivity index (χ1v) is 13.6. The van der Waals surface area contributed by atoms with E-state index >= 15 is 0 Å². The molecule has 0 saturated carbocycles. The van der Waals surface area contributed by atoms with Gasteiger partial charge < -0.3 is 68.9 Å². The van der Waals surface area contributed by atoms with E-state index in [1.54, 1.807) is 30.3 Å². The zero-order valence-electron chi connectivity index (χ0n) is 23.9. The maximum atomic E-state index is 10.7.